The molecule has 0 saturated heterocycles. The fraction of sp³-hybridized carbons (Fsp3) is 0.250. The van der Waals surface area contributed by atoms with E-state index in [9.17, 15) is 0 Å². The van der Waals surface area contributed by atoms with Crippen molar-refractivity contribution in [2.75, 3.05) is 11.9 Å². The zero-order valence-corrected chi connectivity index (χ0v) is 12.5. The predicted molar refractivity (Wildman–Crippen MR) is 79.0 cm³/mol. The molecule has 17 heavy (non-hydrogen) atoms. The third kappa shape index (κ3) is 3.21. The number of rotatable bonds is 4. The Morgan fingerprint density at radius 3 is 3.00 bits per heavy atom. The highest BCUT2D eigenvalue weighted by Gasteiger charge is 2.06. The molecule has 2 rings (SSSR count). The third-order valence-electron chi connectivity index (χ3n) is 2.24. The zero-order chi connectivity index (χ0) is 12.3. The summed E-state index contributed by atoms with van der Waals surface area (Å²) in [6.07, 6.45) is 2.97. The summed E-state index contributed by atoms with van der Waals surface area (Å²) in [7, 11) is 0. The molecule has 1 N–H and O–H groups in total. The maximum absolute atomic E-state index is 6.08. The summed E-state index contributed by atoms with van der Waals surface area (Å²) >= 11 is 11.1. The molecule has 1 aromatic heterocycles. The number of halogens is 2. The molecule has 0 saturated carbocycles. The van der Waals surface area contributed by atoms with Crippen LogP contribution in [-0.4, -0.2) is 11.5 Å². The first-order valence-electron chi connectivity index (χ1n) is 5.36. The van der Waals surface area contributed by atoms with Crippen molar-refractivity contribution in [2.24, 2.45) is 0 Å². The van der Waals surface area contributed by atoms with Crippen LogP contribution in [0.15, 0.2) is 28.9 Å². The van der Waals surface area contributed by atoms with Gasteiger partial charge in [-0.1, -0.05) is 35.9 Å². The van der Waals surface area contributed by atoms with Gasteiger partial charge in [0.2, 0.25) is 0 Å². The molecule has 0 aliphatic carbocycles. The Morgan fingerprint density at radius 1 is 1.47 bits per heavy atom. The SMILES string of the molecule is CCCNc1ncc(-c2ccc(Br)c(Cl)c2)s1. The van der Waals surface area contributed by atoms with Crippen molar-refractivity contribution >= 4 is 44.0 Å². The second-order valence-corrected chi connectivity index (χ2v) is 5.88. The Hall–Kier alpha value is -0.580. The Kier molecular flexibility index (Phi) is 4.42. The minimum atomic E-state index is 0.721. The normalized spacial score (nSPS) is 10.5. The lowest BCUT2D eigenvalue weighted by atomic mass is 10.2. The molecule has 0 amide bonds. The largest absolute Gasteiger partial charge is 0.362 e. The Bertz CT molecular complexity index is 513. The molecular formula is C12H12BrClN2S. The molecule has 0 atom stereocenters. The number of benzene rings is 1. The number of hydrogen-bond donors (Lipinski definition) is 1. The maximum atomic E-state index is 6.08. The molecule has 0 unspecified atom stereocenters. The van der Waals surface area contributed by atoms with Crippen molar-refractivity contribution in [3.63, 3.8) is 0 Å². The van der Waals surface area contributed by atoms with Crippen LogP contribution in [0.1, 0.15) is 13.3 Å². The van der Waals surface area contributed by atoms with Crippen LogP contribution < -0.4 is 5.32 Å². The van der Waals surface area contributed by atoms with Crippen LogP contribution >= 0.6 is 38.9 Å². The number of nitrogens with one attached hydrogen (secondary N) is 1. The number of thiazole rings is 1. The molecule has 5 heteroatoms. The van der Waals surface area contributed by atoms with E-state index in [0.717, 1.165) is 38.0 Å². The summed E-state index contributed by atoms with van der Waals surface area (Å²) in [5.41, 5.74) is 1.10. The summed E-state index contributed by atoms with van der Waals surface area (Å²) in [6, 6.07) is 5.94. The van der Waals surface area contributed by atoms with E-state index < -0.39 is 0 Å². The first kappa shape index (κ1) is 12.9. The molecule has 0 radical (unpaired) electrons. The van der Waals surface area contributed by atoms with E-state index in [1.165, 1.54) is 0 Å². The minimum absolute atomic E-state index is 0.721. The summed E-state index contributed by atoms with van der Waals surface area (Å²) in [5.74, 6) is 0. The standard InChI is InChI=1S/C12H12BrClN2S/c1-2-5-15-12-16-7-11(17-12)8-3-4-9(13)10(14)6-8/h3-4,6-7H,2,5H2,1H3,(H,15,16). The topological polar surface area (TPSA) is 24.9 Å². The molecule has 0 bridgehead atoms. The van der Waals surface area contributed by atoms with Crippen LogP contribution in [0.4, 0.5) is 5.13 Å². The highest BCUT2D eigenvalue weighted by atomic mass is 79.9. The van der Waals surface area contributed by atoms with Crippen molar-refractivity contribution in [2.45, 2.75) is 13.3 Å². The Labute approximate surface area is 118 Å². The van der Waals surface area contributed by atoms with Crippen LogP contribution in [0, 0.1) is 0 Å². The average molecular weight is 332 g/mol. The van der Waals surface area contributed by atoms with Crippen LogP contribution in [-0.2, 0) is 0 Å². The Balaban J connectivity index is 2.21. The first-order valence-corrected chi connectivity index (χ1v) is 7.34. The lowest BCUT2D eigenvalue weighted by Gasteiger charge is -2.00. The van der Waals surface area contributed by atoms with Gasteiger partial charge in [-0.3, -0.25) is 0 Å². The molecule has 2 nitrogen and oxygen atoms in total. The second-order valence-electron chi connectivity index (χ2n) is 3.59. The van der Waals surface area contributed by atoms with Gasteiger partial charge in [0.25, 0.3) is 0 Å². The van der Waals surface area contributed by atoms with Gasteiger partial charge < -0.3 is 5.32 Å². The number of hydrogen-bond acceptors (Lipinski definition) is 3. The van der Waals surface area contributed by atoms with Crippen molar-refractivity contribution in [1.82, 2.24) is 4.98 Å². The van der Waals surface area contributed by atoms with Gasteiger partial charge in [0, 0.05) is 17.2 Å². The van der Waals surface area contributed by atoms with Crippen LogP contribution in [0.2, 0.25) is 5.02 Å². The summed E-state index contributed by atoms with van der Waals surface area (Å²) in [6.45, 7) is 3.09. The van der Waals surface area contributed by atoms with Gasteiger partial charge in [0.05, 0.1) is 9.90 Å². The lowest BCUT2D eigenvalue weighted by molar-refractivity contribution is 0.976. The van der Waals surface area contributed by atoms with Crippen molar-refractivity contribution in [3.05, 3.63) is 33.9 Å². The second kappa shape index (κ2) is 5.85. The van der Waals surface area contributed by atoms with Gasteiger partial charge >= 0.3 is 0 Å². The molecule has 0 fully saturated rings. The Morgan fingerprint density at radius 2 is 2.29 bits per heavy atom. The molecule has 0 aliphatic rings. The molecule has 90 valence electrons. The van der Waals surface area contributed by atoms with Gasteiger partial charge in [-0.15, -0.1) is 0 Å². The summed E-state index contributed by atoms with van der Waals surface area (Å²) in [5, 5.41) is 4.96. The monoisotopic (exact) mass is 330 g/mol. The van der Waals surface area contributed by atoms with Gasteiger partial charge in [0.1, 0.15) is 0 Å². The quantitative estimate of drug-likeness (QED) is 0.848. The number of nitrogens with zero attached hydrogens (tertiary/aromatic N) is 1. The van der Waals surface area contributed by atoms with Crippen molar-refractivity contribution in [1.29, 1.82) is 0 Å². The number of anilines is 1. The molecular weight excluding hydrogens is 320 g/mol. The fourth-order valence-corrected chi connectivity index (χ4v) is 2.64. The van der Waals surface area contributed by atoms with E-state index in [1.807, 2.05) is 24.4 Å². The van der Waals surface area contributed by atoms with E-state index in [2.05, 4.69) is 33.2 Å². The predicted octanol–water partition coefficient (Wildman–Crippen LogP) is 5.05. The molecule has 1 aromatic carbocycles. The van der Waals surface area contributed by atoms with E-state index in [1.54, 1.807) is 11.3 Å². The zero-order valence-electron chi connectivity index (χ0n) is 9.34. The van der Waals surface area contributed by atoms with Crippen LogP contribution in [0.5, 0.6) is 0 Å². The lowest BCUT2D eigenvalue weighted by Crippen LogP contribution is -1.97. The minimum Gasteiger partial charge on any atom is -0.362 e. The van der Waals surface area contributed by atoms with Crippen molar-refractivity contribution < 1.29 is 0 Å². The smallest absolute Gasteiger partial charge is 0.183 e. The van der Waals surface area contributed by atoms with Gasteiger partial charge in [-0.2, -0.15) is 0 Å². The molecule has 1 heterocycles. The maximum Gasteiger partial charge on any atom is 0.183 e. The fourth-order valence-electron chi connectivity index (χ4n) is 1.37. The first-order chi connectivity index (χ1) is 8.20. The van der Waals surface area contributed by atoms with E-state index >= 15 is 0 Å². The summed E-state index contributed by atoms with van der Waals surface area (Å²) < 4.78 is 0.914. The highest BCUT2D eigenvalue weighted by Crippen LogP contribution is 2.33. The average Bonchev–Trinajstić information content (AvgIpc) is 2.79. The molecule has 0 aliphatic heterocycles. The van der Waals surface area contributed by atoms with E-state index in [0.29, 0.717) is 0 Å². The highest BCUT2D eigenvalue weighted by molar-refractivity contribution is 9.10. The van der Waals surface area contributed by atoms with Crippen LogP contribution in [0.3, 0.4) is 0 Å². The summed E-state index contributed by atoms with van der Waals surface area (Å²) in [4.78, 5) is 5.46. The van der Waals surface area contributed by atoms with Gasteiger partial charge in [0.15, 0.2) is 5.13 Å². The van der Waals surface area contributed by atoms with Gasteiger partial charge in [-0.25, -0.2) is 4.98 Å². The molecule has 0 spiro atoms. The van der Waals surface area contributed by atoms with E-state index in [-0.39, 0.29) is 0 Å². The molecule has 2 aromatic rings. The van der Waals surface area contributed by atoms with Crippen molar-refractivity contribution in [3.8, 4) is 10.4 Å². The third-order valence-corrected chi connectivity index (χ3v) is 4.47. The van der Waals surface area contributed by atoms with Gasteiger partial charge in [-0.05, 0) is 40.0 Å². The van der Waals surface area contributed by atoms with E-state index in [4.69, 9.17) is 11.6 Å². The number of aromatic nitrogens is 1. The van der Waals surface area contributed by atoms with Crippen LogP contribution in [0.25, 0.3) is 10.4 Å².